The second kappa shape index (κ2) is 23.0. The van der Waals surface area contributed by atoms with E-state index < -0.39 is 0 Å². The largest absolute Gasteiger partial charge is 0.309 e. The molecule has 0 aliphatic carbocycles. The number of benzene rings is 12. The Morgan fingerprint density at radius 1 is 0.287 bits per heavy atom. The van der Waals surface area contributed by atoms with Crippen LogP contribution in [-0.2, 0) is 5.41 Å². The van der Waals surface area contributed by atoms with Gasteiger partial charge in [-0.3, -0.25) is 0 Å². The molecule has 0 bridgehead atoms. The maximum absolute atomic E-state index is 7.47. The van der Waals surface area contributed by atoms with Crippen molar-refractivity contribution in [1.29, 1.82) is 0 Å². The van der Waals surface area contributed by atoms with Crippen molar-refractivity contribution in [1.82, 2.24) is 0 Å². The van der Waals surface area contributed by atoms with E-state index in [1.807, 2.05) is 18.2 Å². The first-order chi connectivity index (χ1) is 39.1. The number of halogens is 2. The summed E-state index contributed by atoms with van der Waals surface area (Å²) in [5.74, 6) is 0. The number of anilines is 3. The number of nitrogens with zero attached hydrogens (tertiary/aromatic N) is 1. The molecular weight excluding hydrogens is 1030 g/mol. The van der Waals surface area contributed by atoms with Crippen LogP contribution in [-0.4, -0.2) is 0 Å². The minimum Gasteiger partial charge on any atom is -0.309 e. The van der Waals surface area contributed by atoms with Gasteiger partial charge in [0.25, 0.3) is 0 Å². The molecule has 0 N–H and O–H groups in total. The van der Waals surface area contributed by atoms with Gasteiger partial charge >= 0.3 is 0 Å². The van der Waals surface area contributed by atoms with Crippen LogP contribution in [0.4, 0.5) is 17.1 Å². The Labute approximate surface area is 485 Å². The molecule has 12 rings (SSSR count). The lowest BCUT2D eigenvalue weighted by atomic mass is 9.82. The molecular formula is C76H57Cl2NS. The summed E-state index contributed by atoms with van der Waals surface area (Å²) in [7, 11) is 0. The van der Waals surface area contributed by atoms with E-state index in [1.54, 1.807) is 11.8 Å². The van der Waals surface area contributed by atoms with Crippen LogP contribution in [0.15, 0.2) is 301 Å². The highest BCUT2D eigenvalue weighted by Crippen LogP contribution is 2.51. The van der Waals surface area contributed by atoms with E-state index in [0.29, 0.717) is 10.0 Å². The maximum atomic E-state index is 7.47. The summed E-state index contributed by atoms with van der Waals surface area (Å²) in [6, 6.07) is 105. The van der Waals surface area contributed by atoms with Gasteiger partial charge in [0.05, 0.1) is 5.69 Å². The smallest absolute Gasteiger partial charge is 0.0618 e. The van der Waals surface area contributed by atoms with Crippen LogP contribution >= 0.6 is 35.0 Å². The normalized spacial score (nSPS) is 11.4. The molecule has 80 heavy (non-hydrogen) atoms. The molecule has 0 heterocycles. The summed E-state index contributed by atoms with van der Waals surface area (Å²) >= 11 is 16.2. The fourth-order valence-electron chi connectivity index (χ4n) is 10.7. The van der Waals surface area contributed by atoms with E-state index in [9.17, 15) is 0 Å². The number of hydrogen-bond donors (Lipinski definition) is 0. The first-order valence-corrected chi connectivity index (χ1v) is 28.7. The SMILES string of the molecule is CC(C)(C)c1cc(-c2ccccc2)c(N(c2cccc(Cl)c2)c2cc(Cl)cc(Sc3ccc(-c4cc(-c5ccccc5)cc(-c5ccccc5)c4)cc3-c3cc(-c4ccccc4)cc(-c4ccccc4)c3)c2)c(-c2ccccc2)c1. The molecule has 0 aliphatic heterocycles. The fraction of sp³-hybridized carbons (Fsp3) is 0.0526. The summed E-state index contributed by atoms with van der Waals surface area (Å²) in [6.45, 7) is 6.85. The second-order valence-electron chi connectivity index (χ2n) is 21.2. The van der Waals surface area contributed by atoms with Gasteiger partial charge in [-0.05, 0) is 186 Å². The minimum absolute atomic E-state index is 0.142. The third-order valence-electron chi connectivity index (χ3n) is 14.7. The summed E-state index contributed by atoms with van der Waals surface area (Å²) in [4.78, 5) is 4.43. The van der Waals surface area contributed by atoms with Gasteiger partial charge in [0.15, 0.2) is 0 Å². The van der Waals surface area contributed by atoms with Gasteiger partial charge < -0.3 is 4.90 Å². The topological polar surface area (TPSA) is 3.24 Å². The molecule has 0 unspecified atom stereocenters. The monoisotopic (exact) mass is 1090 g/mol. The third kappa shape index (κ3) is 11.4. The molecule has 12 aromatic carbocycles. The van der Waals surface area contributed by atoms with Crippen LogP contribution in [0.25, 0.3) is 89.0 Å². The average Bonchev–Trinajstić information content (AvgIpc) is 3.53. The molecule has 0 fully saturated rings. The first-order valence-electron chi connectivity index (χ1n) is 27.1. The van der Waals surface area contributed by atoms with Crippen molar-refractivity contribution in [2.24, 2.45) is 0 Å². The quantitative estimate of drug-likeness (QED) is 0.113. The predicted octanol–water partition coefficient (Wildman–Crippen LogP) is 23.2. The van der Waals surface area contributed by atoms with Crippen LogP contribution in [0.1, 0.15) is 26.3 Å². The first kappa shape index (κ1) is 52.1. The van der Waals surface area contributed by atoms with Crippen LogP contribution < -0.4 is 4.90 Å². The molecule has 0 spiro atoms. The predicted molar refractivity (Wildman–Crippen MR) is 344 cm³/mol. The van der Waals surface area contributed by atoms with Gasteiger partial charge in [0.2, 0.25) is 0 Å². The van der Waals surface area contributed by atoms with E-state index in [1.165, 1.54) is 16.7 Å². The van der Waals surface area contributed by atoms with Crippen molar-refractivity contribution in [3.05, 3.63) is 307 Å². The lowest BCUT2D eigenvalue weighted by Crippen LogP contribution is -2.16. The van der Waals surface area contributed by atoms with Gasteiger partial charge in [-0.2, -0.15) is 0 Å². The van der Waals surface area contributed by atoms with Gasteiger partial charge in [0.1, 0.15) is 0 Å². The van der Waals surface area contributed by atoms with E-state index in [-0.39, 0.29) is 5.41 Å². The zero-order valence-electron chi connectivity index (χ0n) is 44.8. The summed E-state index contributed by atoms with van der Waals surface area (Å²) in [5.41, 5.74) is 22.1. The molecule has 4 heteroatoms. The lowest BCUT2D eigenvalue weighted by molar-refractivity contribution is 0.591. The van der Waals surface area contributed by atoms with Crippen molar-refractivity contribution < 1.29 is 0 Å². The zero-order valence-corrected chi connectivity index (χ0v) is 47.2. The number of hydrogen-bond acceptors (Lipinski definition) is 2. The molecule has 0 radical (unpaired) electrons. The molecule has 1 nitrogen and oxygen atoms in total. The van der Waals surface area contributed by atoms with Crippen molar-refractivity contribution in [3.63, 3.8) is 0 Å². The average molecular weight is 1090 g/mol. The van der Waals surface area contributed by atoms with E-state index >= 15 is 0 Å². The fourth-order valence-corrected chi connectivity index (χ4v) is 12.2. The van der Waals surface area contributed by atoms with Gasteiger partial charge in [-0.1, -0.05) is 250 Å². The second-order valence-corrected chi connectivity index (χ2v) is 23.2. The molecule has 0 aromatic heterocycles. The third-order valence-corrected chi connectivity index (χ3v) is 16.2. The highest BCUT2D eigenvalue weighted by molar-refractivity contribution is 7.99. The standard InChI is InChI=1S/C76H57Cl2NS/c1-76(2,3)65-46-72(56-31-18-8-19-32-56)75(73(47-65)57-33-20-9-21-34-57)79(68-36-22-35-66(77)48-68)69-49-67(78)50-70(51-69)80-74-38-37-58(63-41-59(52-23-10-4-11-24-52)39-60(42-63)53-25-12-5-13-26-53)45-71(74)64-43-61(54-27-14-6-15-28-54)40-62(44-64)55-29-16-7-17-30-55/h4-51H,1-3H3. The molecule has 0 aliphatic rings. The summed E-state index contributed by atoms with van der Waals surface area (Å²) < 4.78 is 0. The van der Waals surface area contributed by atoms with Crippen molar-refractivity contribution in [2.75, 3.05) is 4.90 Å². The Balaban J connectivity index is 1.08. The van der Waals surface area contributed by atoms with Crippen molar-refractivity contribution in [3.8, 4) is 89.0 Å². The molecule has 0 atom stereocenters. The molecule has 386 valence electrons. The maximum Gasteiger partial charge on any atom is 0.0618 e. The van der Waals surface area contributed by atoms with Gasteiger partial charge in [-0.25, -0.2) is 0 Å². The van der Waals surface area contributed by atoms with Gasteiger partial charge in [-0.15, -0.1) is 0 Å². The molecule has 0 amide bonds. The summed E-state index contributed by atoms with van der Waals surface area (Å²) in [6.07, 6.45) is 0. The number of rotatable bonds is 13. The Morgan fingerprint density at radius 2 is 0.688 bits per heavy atom. The Kier molecular flexibility index (Phi) is 15.0. The zero-order chi connectivity index (χ0) is 54.6. The van der Waals surface area contributed by atoms with Crippen LogP contribution in [0, 0.1) is 0 Å². The van der Waals surface area contributed by atoms with Crippen LogP contribution in [0.5, 0.6) is 0 Å². The summed E-state index contributed by atoms with van der Waals surface area (Å²) in [5, 5.41) is 1.26. The van der Waals surface area contributed by atoms with Gasteiger partial charge in [0, 0.05) is 42.3 Å². The van der Waals surface area contributed by atoms with E-state index in [2.05, 4.69) is 299 Å². The van der Waals surface area contributed by atoms with Crippen molar-refractivity contribution in [2.45, 2.75) is 36.0 Å². The minimum atomic E-state index is -0.142. The van der Waals surface area contributed by atoms with Crippen molar-refractivity contribution >= 4 is 52.0 Å². The Bertz CT molecular complexity index is 3940. The highest BCUT2D eigenvalue weighted by Gasteiger charge is 2.27. The molecule has 12 aromatic rings. The molecule has 0 saturated heterocycles. The Hall–Kier alpha value is -8.63. The van der Waals surface area contributed by atoms with E-state index in [4.69, 9.17) is 23.2 Å². The lowest BCUT2D eigenvalue weighted by Gasteiger charge is -2.33. The highest BCUT2D eigenvalue weighted by atomic mass is 35.5. The van der Waals surface area contributed by atoms with Crippen LogP contribution in [0.3, 0.4) is 0 Å². The van der Waals surface area contributed by atoms with Crippen LogP contribution in [0.2, 0.25) is 10.0 Å². The molecule has 0 saturated carbocycles. The Morgan fingerprint density at radius 3 is 1.11 bits per heavy atom. The van der Waals surface area contributed by atoms with E-state index in [0.717, 1.165) is 105 Å².